The summed E-state index contributed by atoms with van der Waals surface area (Å²) in [6.45, 7) is 10.1. The van der Waals surface area contributed by atoms with Crippen LogP contribution in [0.5, 0.6) is 0 Å². The average molecular weight is 357 g/mol. The maximum Gasteiger partial charge on any atom is 0.0596 e. The Labute approximate surface area is 138 Å². The molecule has 21 heavy (non-hydrogen) atoms. The summed E-state index contributed by atoms with van der Waals surface area (Å²) in [6, 6.07) is 8.97. The summed E-state index contributed by atoms with van der Waals surface area (Å²) in [4.78, 5) is 2.34. The Kier molecular flexibility index (Phi) is 9.16. The van der Waals surface area contributed by atoms with E-state index in [-0.39, 0.29) is 0 Å². The highest BCUT2D eigenvalue weighted by atomic mass is 79.9. The van der Waals surface area contributed by atoms with E-state index in [4.69, 9.17) is 4.74 Å². The van der Waals surface area contributed by atoms with Crippen LogP contribution in [0.1, 0.15) is 38.8 Å². The van der Waals surface area contributed by atoms with Crippen LogP contribution in [0.4, 0.5) is 0 Å². The first-order chi connectivity index (χ1) is 10.0. The smallest absolute Gasteiger partial charge is 0.0596 e. The fraction of sp³-hybridized carbons (Fsp3) is 0.647. The lowest BCUT2D eigenvalue weighted by molar-refractivity contribution is 0.0632. The van der Waals surface area contributed by atoms with Crippen molar-refractivity contribution in [1.82, 2.24) is 10.2 Å². The van der Waals surface area contributed by atoms with Gasteiger partial charge in [-0.2, -0.15) is 0 Å². The third-order valence-corrected chi connectivity index (χ3v) is 3.92. The first-order valence-corrected chi connectivity index (χ1v) is 8.61. The maximum absolute atomic E-state index is 5.60. The Morgan fingerprint density at radius 3 is 2.67 bits per heavy atom. The zero-order valence-electron chi connectivity index (χ0n) is 13.7. The lowest BCUT2D eigenvalue weighted by atomic mass is 10.0. The summed E-state index contributed by atoms with van der Waals surface area (Å²) in [6.07, 6.45) is 1.41. The molecule has 1 N–H and O–H groups in total. The molecule has 1 rings (SSSR count). The third-order valence-electron chi connectivity index (χ3n) is 3.43. The van der Waals surface area contributed by atoms with E-state index in [2.05, 4.69) is 78.2 Å². The van der Waals surface area contributed by atoms with Crippen LogP contribution in [0.2, 0.25) is 0 Å². The second-order valence-corrected chi connectivity index (χ2v) is 6.59. The van der Waals surface area contributed by atoms with E-state index in [0.29, 0.717) is 12.1 Å². The van der Waals surface area contributed by atoms with Crippen molar-refractivity contribution in [2.75, 3.05) is 33.3 Å². The van der Waals surface area contributed by atoms with Gasteiger partial charge in [0.1, 0.15) is 0 Å². The second kappa shape index (κ2) is 10.3. The quantitative estimate of drug-likeness (QED) is 0.689. The van der Waals surface area contributed by atoms with Crippen molar-refractivity contribution in [3.63, 3.8) is 0 Å². The molecule has 4 heteroatoms. The molecule has 0 bridgehead atoms. The SMILES string of the molecule is CCNC(CCN(C)CCOC(C)C)c1cccc(Br)c1. The molecule has 0 spiro atoms. The summed E-state index contributed by atoms with van der Waals surface area (Å²) in [7, 11) is 2.16. The van der Waals surface area contributed by atoms with Crippen LogP contribution in [0.3, 0.4) is 0 Å². The third kappa shape index (κ3) is 7.96. The average Bonchev–Trinajstić information content (AvgIpc) is 2.43. The van der Waals surface area contributed by atoms with Gasteiger partial charge in [-0.1, -0.05) is 35.0 Å². The van der Waals surface area contributed by atoms with Gasteiger partial charge in [-0.15, -0.1) is 0 Å². The van der Waals surface area contributed by atoms with Gasteiger partial charge in [-0.25, -0.2) is 0 Å². The zero-order chi connectivity index (χ0) is 15.7. The topological polar surface area (TPSA) is 24.5 Å². The first-order valence-electron chi connectivity index (χ1n) is 7.82. The molecule has 1 aromatic carbocycles. The molecule has 0 radical (unpaired) electrons. The summed E-state index contributed by atoms with van der Waals surface area (Å²) >= 11 is 3.55. The van der Waals surface area contributed by atoms with Gasteiger partial charge in [0.05, 0.1) is 12.7 Å². The van der Waals surface area contributed by atoms with Crippen molar-refractivity contribution in [2.24, 2.45) is 0 Å². The molecule has 0 fully saturated rings. The number of ether oxygens (including phenoxy) is 1. The molecule has 0 aliphatic heterocycles. The molecule has 0 saturated carbocycles. The number of hydrogen-bond donors (Lipinski definition) is 1. The second-order valence-electron chi connectivity index (χ2n) is 5.68. The van der Waals surface area contributed by atoms with Gasteiger partial charge in [0.15, 0.2) is 0 Å². The minimum absolute atomic E-state index is 0.314. The molecule has 1 unspecified atom stereocenters. The van der Waals surface area contributed by atoms with Gasteiger partial charge in [0.25, 0.3) is 0 Å². The van der Waals surface area contributed by atoms with Crippen molar-refractivity contribution in [3.05, 3.63) is 34.3 Å². The molecule has 0 aliphatic carbocycles. The Balaban J connectivity index is 2.44. The molecule has 0 amide bonds. The van der Waals surface area contributed by atoms with Crippen molar-refractivity contribution < 1.29 is 4.74 Å². The summed E-state index contributed by atoms with van der Waals surface area (Å²) < 4.78 is 6.74. The van der Waals surface area contributed by atoms with Crippen molar-refractivity contribution in [2.45, 2.75) is 39.3 Å². The maximum atomic E-state index is 5.60. The highest BCUT2D eigenvalue weighted by Crippen LogP contribution is 2.21. The number of hydrogen-bond acceptors (Lipinski definition) is 3. The predicted octanol–water partition coefficient (Wildman–Crippen LogP) is 3.85. The number of likely N-dealkylation sites (N-methyl/N-ethyl adjacent to an activating group) is 1. The molecule has 0 saturated heterocycles. The minimum Gasteiger partial charge on any atom is -0.377 e. The molecule has 1 aromatic rings. The van der Waals surface area contributed by atoms with Crippen LogP contribution in [-0.4, -0.2) is 44.3 Å². The molecular weight excluding hydrogens is 328 g/mol. The van der Waals surface area contributed by atoms with Gasteiger partial charge in [0.2, 0.25) is 0 Å². The number of benzene rings is 1. The molecule has 0 heterocycles. The number of rotatable bonds is 10. The van der Waals surface area contributed by atoms with E-state index in [0.717, 1.165) is 37.1 Å². The van der Waals surface area contributed by atoms with Crippen molar-refractivity contribution in [1.29, 1.82) is 0 Å². The summed E-state index contributed by atoms with van der Waals surface area (Å²) in [5.41, 5.74) is 1.35. The summed E-state index contributed by atoms with van der Waals surface area (Å²) in [5.74, 6) is 0. The molecule has 3 nitrogen and oxygen atoms in total. The minimum atomic E-state index is 0.314. The number of halogens is 1. The van der Waals surface area contributed by atoms with E-state index in [9.17, 15) is 0 Å². The first kappa shape index (κ1) is 18.6. The van der Waals surface area contributed by atoms with Gasteiger partial charge < -0.3 is 15.0 Å². The molecule has 120 valence electrons. The normalized spacial score (nSPS) is 13.1. The lowest BCUT2D eigenvalue weighted by Gasteiger charge is -2.23. The van der Waals surface area contributed by atoms with Gasteiger partial charge in [-0.3, -0.25) is 0 Å². The monoisotopic (exact) mass is 356 g/mol. The Morgan fingerprint density at radius 1 is 1.29 bits per heavy atom. The van der Waals surface area contributed by atoms with Crippen molar-refractivity contribution >= 4 is 15.9 Å². The summed E-state index contributed by atoms with van der Waals surface area (Å²) in [5, 5.41) is 3.58. The fourth-order valence-electron chi connectivity index (χ4n) is 2.26. The van der Waals surface area contributed by atoms with E-state index in [1.54, 1.807) is 0 Å². The number of nitrogens with one attached hydrogen (secondary N) is 1. The van der Waals surface area contributed by atoms with Crippen LogP contribution in [0.25, 0.3) is 0 Å². The molecule has 0 aromatic heterocycles. The Bertz CT molecular complexity index is 398. The van der Waals surface area contributed by atoms with E-state index in [1.165, 1.54) is 5.56 Å². The fourth-order valence-corrected chi connectivity index (χ4v) is 2.68. The highest BCUT2D eigenvalue weighted by molar-refractivity contribution is 9.10. The van der Waals surface area contributed by atoms with E-state index >= 15 is 0 Å². The standard InChI is InChI=1S/C17H29BrN2O/c1-5-19-17(15-7-6-8-16(18)13-15)9-10-20(4)11-12-21-14(2)3/h6-8,13-14,17,19H,5,9-12H2,1-4H3. The Hall–Kier alpha value is -0.420. The van der Waals surface area contributed by atoms with Crippen molar-refractivity contribution in [3.8, 4) is 0 Å². The van der Waals surface area contributed by atoms with Crippen LogP contribution in [0.15, 0.2) is 28.7 Å². The largest absolute Gasteiger partial charge is 0.377 e. The van der Waals surface area contributed by atoms with Crippen LogP contribution < -0.4 is 5.32 Å². The predicted molar refractivity (Wildman–Crippen MR) is 93.8 cm³/mol. The molecular formula is C17H29BrN2O. The van der Waals surface area contributed by atoms with Gasteiger partial charge in [-0.05, 0) is 58.1 Å². The molecule has 1 atom stereocenters. The van der Waals surface area contributed by atoms with Gasteiger partial charge in [0, 0.05) is 17.1 Å². The molecule has 0 aliphatic rings. The highest BCUT2D eigenvalue weighted by Gasteiger charge is 2.11. The van der Waals surface area contributed by atoms with E-state index in [1.807, 2.05) is 0 Å². The van der Waals surface area contributed by atoms with Crippen LogP contribution in [-0.2, 0) is 4.74 Å². The Morgan fingerprint density at radius 2 is 2.05 bits per heavy atom. The van der Waals surface area contributed by atoms with Crippen LogP contribution >= 0.6 is 15.9 Å². The van der Waals surface area contributed by atoms with E-state index < -0.39 is 0 Å². The zero-order valence-corrected chi connectivity index (χ0v) is 15.3. The lowest BCUT2D eigenvalue weighted by Crippen LogP contribution is -2.29. The number of nitrogens with zero attached hydrogens (tertiary/aromatic N) is 1. The van der Waals surface area contributed by atoms with Gasteiger partial charge >= 0.3 is 0 Å². The van der Waals surface area contributed by atoms with Crippen LogP contribution in [0, 0.1) is 0 Å².